The highest BCUT2D eigenvalue weighted by Gasteiger charge is 2.07. The lowest BCUT2D eigenvalue weighted by Crippen LogP contribution is -2.03. The first kappa shape index (κ1) is 15.0. The summed E-state index contributed by atoms with van der Waals surface area (Å²) in [6.07, 6.45) is 0. The number of hydrogen-bond donors (Lipinski definition) is 1. The maximum absolute atomic E-state index is 8.52. The number of methoxy groups -OCH3 is 1. The third-order valence-corrected chi connectivity index (χ3v) is 3.26. The smallest absolute Gasteiger partial charge is 0.174 e. The van der Waals surface area contributed by atoms with Crippen LogP contribution in [0.4, 0.5) is 5.69 Å². The molecule has 2 aromatic rings. The van der Waals surface area contributed by atoms with Crippen molar-refractivity contribution in [2.24, 2.45) is 0 Å². The van der Waals surface area contributed by atoms with Gasteiger partial charge in [0.25, 0.3) is 0 Å². The van der Waals surface area contributed by atoms with Gasteiger partial charge in [-0.05, 0) is 24.3 Å². The lowest BCUT2D eigenvalue weighted by Gasteiger charge is -2.13. The molecule has 0 unspecified atom stereocenters. The Hall–Kier alpha value is -2.38. The third kappa shape index (κ3) is 4.04. The van der Waals surface area contributed by atoms with E-state index < -0.39 is 0 Å². The Morgan fingerprint density at radius 2 is 2.05 bits per heavy atom. The zero-order valence-corrected chi connectivity index (χ0v) is 12.4. The average Bonchev–Trinajstić information content (AvgIpc) is 2.52. The summed E-state index contributed by atoms with van der Waals surface area (Å²) < 4.78 is 10.6. The molecule has 0 radical (unpaired) electrons. The van der Waals surface area contributed by atoms with Crippen LogP contribution in [0.3, 0.4) is 0 Å². The summed E-state index contributed by atoms with van der Waals surface area (Å²) in [5.41, 5.74) is 1.78. The zero-order valence-electron chi connectivity index (χ0n) is 11.6. The van der Waals surface area contributed by atoms with Gasteiger partial charge < -0.3 is 14.8 Å². The maximum Gasteiger partial charge on any atom is 0.174 e. The Morgan fingerprint density at radius 1 is 1.24 bits per heavy atom. The van der Waals surface area contributed by atoms with Crippen LogP contribution in [0, 0.1) is 11.3 Å². The van der Waals surface area contributed by atoms with Crippen LogP contribution >= 0.6 is 11.6 Å². The molecule has 0 aliphatic heterocycles. The summed E-state index contributed by atoms with van der Waals surface area (Å²) in [6.45, 7) is 0.562. The molecule has 0 spiro atoms. The number of nitrogens with one attached hydrogen (secondary N) is 1. The lowest BCUT2D eigenvalue weighted by molar-refractivity contribution is 0.368. The van der Waals surface area contributed by atoms with E-state index in [1.54, 1.807) is 13.2 Å². The molecule has 5 heteroatoms. The van der Waals surface area contributed by atoms with Crippen molar-refractivity contribution in [3.8, 4) is 17.6 Å². The van der Waals surface area contributed by atoms with Gasteiger partial charge in [0.15, 0.2) is 6.61 Å². The first-order chi connectivity index (χ1) is 10.2. The predicted molar refractivity (Wildman–Crippen MR) is 82.9 cm³/mol. The van der Waals surface area contributed by atoms with Crippen molar-refractivity contribution >= 4 is 17.3 Å². The monoisotopic (exact) mass is 302 g/mol. The number of nitriles is 1. The summed E-state index contributed by atoms with van der Waals surface area (Å²) in [5.74, 6) is 1.39. The largest absolute Gasteiger partial charge is 0.496 e. The molecule has 2 rings (SSSR count). The van der Waals surface area contributed by atoms with Crippen LogP contribution in [0.5, 0.6) is 11.5 Å². The quantitative estimate of drug-likeness (QED) is 0.880. The van der Waals surface area contributed by atoms with Crippen molar-refractivity contribution in [1.29, 1.82) is 5.26 Å². The SMILES string of the molecule is COc1cccc(Cl)c1CNc1cccc(OCC#N)c1. The number of anilines is 1. The fourth-order valence-corrected chi connectivity index (χ4v) is 2.14. The number of hydrogen-bond acceptors (Lipinski definition) is 4. The molecular formula is C16H15ClN2O2. The van der Waals surface area contributed by atoms with Crippen LogP contribution in [-0.4, -0.2) is 13.7 Å². The summed E-state index contributed by atoms with van der Waals surface area (Å²) >= 11 is 6.19. The highest BCUT2D eigenvalue weighted by atomic mass is 35.5. The Bertz CT molecular complexity index is 653. The van der Waals surface area contributed by atoms with Gasteiger partial charge in [-0.2, -0.15) is 5.26 Å². The fourth-order valence-electron chi connectivity index (χ4n) is 1.90. The first-order valence-corrected chi connectivity index (χ1v) is 6.77. The maximum atomic E-state index is 8.52. The summed E-state index contributed by atoms with van der Waals surface area (Å²) in [5, 5.41) is 12.4. The van der Waals surface area contributed by atoms with Crippen LogP contribution in [0.2, 0.25) is 5.02 Å². The summed E-state index contributed by atoms with van der Waals surface area (Å²) in [6, 6.07) is 14.9. The van der Waals surface area contributed by atoms with E-state index in [0.717, 1.165) is 17.0 Å². The fraction of sp³-hybridized carbons (Fsp3) is 0.188. The molecule has 0 aromatic heterocycles. The van der Waals surface area contributed by atoms with E-state index in [1.165, 1.54) is 0 Å². The Labute approximate surface area is 128 Å². The van der Waals surface area contributed by atoms with Crippen molar-refractivity contribution in [3.05, 3.63) is 53.1 Å². The topological polar surface area (TPSA) is 54.3 Å². The molecule has 0 bridgehead atoms. The molecule has 0 amide bonds. The number of ether oxygens (including phenoxy) is 2. The minimum absolute atomic E-state index is 0.0296. The highest BCUT2D eigenvalue weighted by molar-refractivity contribution is 6.31. The number of benzene rings is 2. The molecule has 0 atom stereocenters. The molecule has 1 N–H and O–H groups in total. The molecule has 0 heterocycles. The molecule has 0 saturated heterocycles. The van der Waals surface area contributed by atoms with Crippen LogP contribution in [-0.2, 0) is 6.54 Å². The van der Waals surface area contributed by atoms with E-state index in [1.807, 2.05) is 42.5 Å². The van der Waals surface area contributed by atoms with E-state index in [-0.39, 0.29) is 6.61 Å². The minimum Gasteiger partial charge on any atom is -0.496 e. The molecule has 108 valence electrons. The normalized spacial score (nSPS) is 9.76. The van der Waals surface area contributed by atoms with Crippen molar-refractivity contribution in [2.45, 2.75) is 6.54 Å². The van der Waals surface area contributed by atoms with Crippen molar-refractivity contribution < 1.29 is 9.47 Å². The molecule has 21 heavy (non-hydrogen) atoms. The second-order valence-electron chi connectivity index (χ2n) is 4.25. The minimum atomic E-state index is 0.0296. The third-order valence-electron chi connectivity index (χ3n) is 2.90. The van der Waals surface area contributed by atoms with Gasteiger partial charge in [0, 0.05) is 28.9 Å². The molecule has 2 aromatic carbocycles. The molecule has 0 saturated carbocycles. The van der Waals surface area contributed by atoms with Gasteiger partial charge in [0.1, 0.15) is 17.6 Å². The second-order valence-corrected chi connectivity index (χ2v) is 4.66. The predicted octanol–water partition coefficient (Wildman–Crippen LogP) is 3.86. The molecular weight excluding hydrogens is 288 g/mol. The Kier molecular flexibility index (Phi) is 5.30. The van der Waals surface area contributed by atoms with Crippen molar-refractivity contribution in [2.75, 3.05) is 19.0 Å². The first-order valence-electron chi connectivity index (χ1n) is 6.39. The average molecular weight is 303 g/mol. The number of nitrogens with zero attached hydrogens (tertiary/aromatic N) is 1. The van der Waals surface area contributed by atoms with E-state index in [9.17, 15) is 0 Å². The summed E-state index contributed by atoms with van der Waals surface area (Å²) in [7, 11) is 1.62. The summed E-state index contributed by atoms with van der Waals surface area (Å²) in [4.78, 5) is 0. The van der Waals surface area contributed by atoms with Crippen molar-refractivity contribution in [1.82, 2.24) is 0 Å². The number of rotatable bonds is 6. The van der Waals surface area contributed by atoms with Crippen LogP contribution in [0.1, 0.15) is 5.56 Å². The van der Waals surface area contributed by atoms with Gasteiger partial charge in [0.05, 0.1) is 7.11 Å². The van der Waals surface area contributed by atoms with Crippen LogP contribution in [0.15, 0.2) is 42.5 Å². The Balaban J connectivity index is 2.08. The molecule has 0 fully saturated rings. The van der Waals surface area contributed by atoms with Gasteiger partial charge in [-0.15, -0.1) is 0 Å². The van der Waals surface area contributed by atoms with E-state index in [4.69, 9.17) is 26.3 Å². The van der Waals surface area contributed by atoms with Gasteiger partial charge in [0.2, 0.25) is 0 Å². The molecule has 0 aliphatic rings. The van der Waals surface area contributed by atoms with E-state index in [2.05, 4.69) is 5.32 Å². The van der Waals surface area contributed by atoms with E-state index >= 15 is 0 Å². The van der Waals surface area contributed by atoms with Crippen molar-refractivity contribution in [3.63, 3.8) is 0 Å². The van der Waals surface area contributed by atoms with Gasteiger partial charge in [-0.3, -0.25) is 0 Å². The standard InChI is InChI=1S/C16H15ClN2O2/c1-20-16-7-3-6-15(17)14(16)11-19-12-4-2-5-13(10-12)21-9-8-18/h2-7,10,19H,9,11H2,1H3. The van der Waals surface area contributed by atoms with Gasteiger partial charge in [-0.25, -0.2) is 0 Å². The number of halogens is 1. The molecule has 4 nitrogen and oxygen atoms in total. The zero-order chi connectivity index (χ0) is 15.1. The van der Waals surface area contributed by atoms with Crippen LogP contribution < -0.4 is 14.8 Å². The highest BCUT2D eigenvalue weighted by Crippen LogP contribution is 2.27. The van der Waals surface area contributed by atoms with Crippen LogP contribution in [0.25, 0.3) is 0 Å². The molecule has 0 aliphatic carbocycles. The van der Waals surface area contributed by atoms with E-state index in [0.29, 0.717) is 17.3 Å². The van der Waals surface area contributed by atoms with Gasteiger partial charge in [-0.1, -0.05) is 23.7 Å². The van der Waals surface area contributed by atoms with Gasteiger partial charge >= 0.3 is 0 Å². The second kappa shape index (κ2) is 7.41. The lowest BCUT2D eigenvalue weighted by atomic mass is 10.2. The Morgan fingerprint density at radius 3 is 2.81 bits per heavy atom.